The van der Waals surface area contributed by atoms with Crippen molar-refractivity contribution in [2.24, 2.45) is 0 Å². The third kappa shape index (κ3) is 5.37. The van der Waals surface area contributed by atoms with E-state index in [2.05, 4.69) is 27.8 Å². The fourth-order valence-electron chi connectivity index (χ4n) is 2.78. The minimum atomic E-state index is -0.695. The number of rotatable bonds is 10. The molecule has 0 amide bonds. The fraction of sp³-hybridized carbons (Fsp3) is 0.300. The Bertz CT molecular complexity index is 1010. The highest BCUT2D eigenvalue weighted by atomic mass is 16.6. The first kappa shape index (κ1) is 20.9. The van der Waals surface area contributed by atoms with Gasteiger partial charge in [-0.1, -0.05) is 43.7 Å². The van der Waals surface area contributed by atoms with E-state index in [0.29, 0.717) is 24.6 Å². The number of anilines is 1. The summed E-state index contributed by atoms with van der Waals surface area (Å²) in [5.41, 5.74) is 1.33. The van der Waals surface area contributed by atoms with Gasteiger partial charge in [-0.15, -0.1) is 5.10 Å². The third-order valence-electron chi connectivity index (χ3n) is 4.42. The van der Waals surface area contributed by atoms with Crippen LogP contribution in [0, 0.1) is 10.1 Å². The predicted molar refractivity (Wildman–Crippen MR) is 109 cm³/mol. The molecule has 0 bridgehead atoms. The number of esters is 1. The minimum Gasteiger partial charge on any atom is -0.454 e. The number of aromatic nitrogens is 4. The molecule has 0 fully saturated rings. The molecule has 10 heteroatoms. The first-order valence-corrected chi connectivity index (χ1v) is 9.57. The van der Waals surface area contributed by atoms with Gasteiger partial charge in [0.2, 0.25) is 0 Å². The van der Waals surface area contributed by atoms with Gasteiger partial charge in [0.05, 0.1) is 10.5 Å². The lowest BCUT2D eigenvalue weighted by molar-refractivity contribution is -0.384. The molecule has 0 aliphatic heterocycles. The van der Waals surface area contributed by atoms with Crippen molar-refractivity contribution in [1.82, 2.24) is 20.2 Å². The summed E-state index contributed by atoms with van der Waals surface area (Å²) in [6.07, 6.45) is 1.87. The fourth-order valence-corrected chi connectivity index (χ4v) is 2.78. The molecule has 30 heavy (non-hydrogen) atoms. The number of carbonyl (C=O) groups is 1. The minimum absolute atomic E-state index is 0.0766. The van der Waals surface area contributed by atoms with Gasteiger partial charge in [0, 0.05) is 30.9 Å². The molecule has 3 rings (SSSR count). The summed E-state index contributed by atoms with van der Waals surface area (Å²) in [5.74, 6) is -0.277. The summed E-state index contributed by atoms with van der Waals surface area (Å²) in [6, 6.07) is 13.6. The monoisotopic (exact) mass is 410 g/mol. The Kier molecular flexibility index (Phi) is 7.04. The van der Waals surface area contributed by atoms with Crippen LogP contribution in [0.3, 0.4) is 0 Å². The Morgan fingerprint density at radius 2 is 2.03 bits per heavy atom. The Hall–Kier alpha value is -3.82. The van der Waals surface area contributed by atoms with Crippen LogP contribution >= 0.6 is 0 Å². The van der Waals surface area contributed by atoms with E-state index in [4.69, 9.17) is 4.74 Å². The molecule has 10 nitrogen and oxygen atoms in total. The molecular formula is C20H22N6O4. The van der Waals surface area contributed by atoms with E-state index in [1.165, 1.54) is 18.2 Å². The molecule has 2 aromatic carbocycles. The van der Waals surface area contributed by atoms with Crippen molar-refractivity contribution in [2.45, 2.75) is 39.5 Å². The van der Waals surface area contributed by atoms with E-state index in [0.717, 1.165) is 18.4 Å². The molecule has 0 atom stereocenters. The number of hydrogen-bond acceptors (Lipinski definition) is 8. The van der Waals surface area contributed by atoms with Crippen LogP contribution in [0.5, 0.6) is 0 Å². The first-order chi connectivity index (χ1) is 14.6. The van der Waals surface area contributed by atoms with E-state index in [1.807, 2.05) is 30.3 Å². The van der Waals surface area contributed by atoms with E-state index in [9.17, 15) is 14.9 Å². The Balaban J connectivity index is 1.74. The lowest BCUT2D eigenvalue weighted by atomic mass is 10.1. The lowest BCUT2D eigenvalue weighted by Crippen LogP contribution is -2.13. The molecule has 3 aromatic rings. The number of nitrogens with zero attached hydrogens (tertiary/aromatic N) is 5. The number of nitrogens with one attached hydrogen (secondary N) is 1. The molecule has 1 heterocycles. The first-order valence-electron chi connectivity index (χ1n) is 9.57. The van der Waals surface area contributed by atoms with Crippen molar-refractivity contribution in [3.8, 4) is 0 Å². The van der Waals surface area contributed by atoms with Gasteiger partial charge in [-0.25, -0.2) is 9.48 Å². The smallest absolute Gasteiger partial charge is 0.340 e. The number of benzene rings is 2. The van der Waals surface area contributed by atoms with Crippen LogP contribution in [-0.4, -0.2) is 31.1 Å². The molecule has 0 aliphatic carbocycles. The number of carbonyl (C=O) groups excluding carboxylic acids is 1. The molecule has 0 spiro atoms. The van der Waals surface area contributed by atoms with Crippen molar-refractivity contribution in [3.63, 3.8) is 0 Å². The van der Waals surface area contributed by atoms with Crippen LogP contribution in [0.2, 0.25) is 0 Å². The number of nitro groups is 1. The van der Waals surface area contributed by atoms with Gasteiger partial charge < -0.3 is 10.1 Å². The van der Waals surface area contributed by atoms with E-state index >= 15 is 0 Å². The topological polar surface area (TPSA) is 125 Å². The average molecular weight is 410 g/mol. The summed E-state index contributed by atoms with van der Waals surface area (Å²) in [7, 11) is 0. The Morgan fingerprint density at radius 3 is 2.77 bits per heavy atom. The largest absolute Gasteiger partial charge is 0.454 e. The summed E-state index contributed by atoms with van der Waals surface area (Å²) in [6.45, 7) is 3.00. The zero-order valence-corrected chi connectivity index (χ0v) is 16.5. The second-order valence-electron chi connectivity index (χ2n) is 6.57. The Labute approximate surface area is 173 Å². The number of ether oxygens (including phenoxy) is 1. The van der Waals surface area contributed by atoms with Crippen LogP contribution in [0.1, 0.15) is 41.5 Å². The zero-order valence-electron chi connectivity index (χ0n) is 16.5. The molecule has 0 saturated heterocycles. The van der Waals surface area contributed by atoms with Crippen LogP contribution in [0.4, 0.5) is 11.4 Å². The molecule has 1 N–H and O–H groups in total. The van der Waals surface area contributed by atoms with Crippen LogP contribution in [0.15, 0.2) is 48.5 Å². The van der Waals surface area contributed by atoms with Crippen molar-refractivity contribution in [2.75, 3.05) is 5.32 Å². The van der Waals surface area contributed by atoms with Crippen molar-refractivity contribution in [3.05, 3.63) is 75.6 Å². The Morgan fingerprint density at radius 1 is 1.23 bits per heavy atom. The molecule has 0 unspecified atom stereocenters. The second kappa shape index (κ2) is 10.1. The van der Waals surface area contributed by atoms with Gasteiger partial charge in [-0.2, -0.15) is 0 Å². The van der Waals surface area contributed by atoms with Gasteiger partial charge >= 0.3 is 5.97 Å². The maximum absolute atomic E-state index is 12.7. The number of non-ortho nitro benzene ring substituents is 1. The highest BCUT2D eigenvalue weighted by molar-refractivity contribution is 5.96. The van der Waals surface area contributed by atoms with Gasteiger partial charge in [-0.3, -0.25) is 10.1 Å². The standard InChI is InChI=1S/C20H22N6O4/c1-2-3-11-25-19(22-23-24-25)14-30-20(27)17-12-16(26(28)29)9-10-18(17)21-13-15-7-5-4-6-8-15/h4-10,12,21H,2-3,11,13-14H2,1H3. The van der Waals surface area contributed by atoms with Gasteiger partial charge in [0.15, 0.2) is 12.4 Å². The van der Waals surface area contributed by atoms with Gasteiger partial charge in [0.25, 0.3) is 5.69 Å². The van der Waals surface area contributed by atoms with E-state index < -0.39 is 10.9 Å². The summed E-state index contributed by atoms with van der Waals surface area (Å²) < 4.78 is 6.94. The highest BCUT2D eigenvalue weighted by Crippen LogP contribution is 2.24. The molecular weight excluding hydrogens is 388 g/mol. The van der Waals surface area contributed by atoms with Crippen molar-refractivity contribution in [1.29, 1.82) is 0 Å². The molecule has 156 valence electrons. The number of hydrogen-bond donors (Lipinski definition) is 1. The maximum atomic E-state index is 12.7. The number of nitro benzene ring substituents is 1. The third-order valence-corrected chi connectivity index (χ3v) is 4.42. The number of aryl methyl sites for hydroxylation is 1. The second-order valence-corrected chi connectivity index (χ2v) is 6.57. The molecule has 0 aliphatic rings. The van der Waals surface area contributed by atoms with Gasteiger partial charge in [-0.05, 0) is 28.5 Å². The van der Waals surface area contributed by atoms with E-state index in [1.54, 1.807) is 4.68 Å². The lowest BCUT2D eigenvalue weighted by Gasteiger charge is -2.12. The van der Waals surface area contributed by atoms with Crippen LogP contribution < -0.4 is 5.32 Å². The molecule has 0 radical (unpaired) electrons. The van der Waals surface area contributed by atoms with Crippen LogP contribution in [-0.2, 0) is 24.4 Å². The highest BCUT2D eigenvalue weighted by Gasteiger charge is 2.19. The average Bonchev–Trinajstić information content (AvgIpc) is 3.22. The quantitative estimate of drug-likeness (QED) is 0.306. The number of unbranched alkanes of at least 4 members (excludes halogenated alkanes) is 1. The summed E-state index contributed by atoms with van der Waals surface area (Å²) >= 11 is 0. The summed E-state index contributed by atoms with van der Waals surface area (Å²) in [4.78, 5) is 23.3. The summed E-state index contributed by atoms with van der Waals surface area (Å²) in [5, 5.41) is 25.7. The zero-order chi connectivity index (χ0) is 21.3. The van der Waals surface area contributed by atoms with Crippen LogP contribution in [0.25, 0.3) is 0 Å². The number of tetrazole rings is 1. The van der Waals surface area contributed by atoms with Gasteiger partial charge in [0.1, 0.15) is 0 Å². The van der Waals surface area contributed by atoms with E-state index in [-0.39, 0.29) is 17.9 Å². The maximum Gasteiger partial charge on any atom is 0.340 e. The molecule has 0 saturated carbocycles. The van der Waals surface area contributed by atoms with Crippen molar-refractivity contribution >= 4 is 17.3 Å². The molecule has 1 aromatic heterocycles. The normalized spacial score (nSPS) is 10.6. The van der Waals surface area contributed by atoms with Crippen molar-refractivity contribution < 1.29 is 14.5 Å². The SMILES string of the molecule is CCCCn1nnnc1COC(=O)c1cc([N+](=O)[O-])ccc1NCc1ccccc1. The predicted octanol–water partition coefficient (Wildman–Crippen LogP) is 3.35.